The zero-order valence-corrected chi connectivity index (χ0v) is 21.0. The van der Waals surface area contributed by atoms with Crippen molar-refractivity contribution in [2.45, 2.75) is 25.7 Å². The van der Waals surface area contributed by atoms with Crippen LogP contribution in [0.5, 0.6) is 5.75 Å². The molecule has 3 heterocycles. The number of aryl methyl sites for hydroxylation is 1. The number of rotatable bonds is 7. The highest BCUT2D eigenvalue weighted by molar-refractivity contribution is 5.95. The molecule has 39 heavy (non-hydrogen) atoms. The SMILES string of the molecule is CN1CCN(c2ccc(OC(F)(F)F)c(Nc3ncc4c(n3)-c3c(c(C(=O)NO)nn3CCO)CC4)c2)CC1. The Balaban J connectivity index is 1.53. The van der Waals surface area contributed by atoms with E-state index in [1.165, 1.54) is 10.7 Å². The van der Waals surface area contributed by atoms with Crippen LogP contribution in [0.3, 0.4) is 0 Å². The molecule has 3 aromatic rings. The summed E-state index contributed by atoms with van der Waals surface area (Å²) in [6.07, 6.45) is -2.45. The van der Waals surface area contributed by atoms with Gasteiger partial charge in [-0.15, -0.1) is 13.2 Å². The number of carbonyl (C=O) groups is 1. The van der Waals surface area contributed by atoms with Crippen molar-refractivity contribution in [2.24, 2.45) is 0 Å². The number of aliphatic hydroxyl groups excluding tert-OH is 1. The molecular formula is C24H27F3N8O4. The molecule has 2 aromatic heterocycles. The monoisotopic (exact) mass is 548 g/mol. The standard InChI is InChI=1S/C24H27F3N8O4/c1-33-6-8-34(9-7-33)15-3-5-18(39-24(25,26)27)17(12-15)29-23-28-13-14-2-4-16-20(22(37)32-38)31-35(10-11-36)21(16)19(14)30-23/h3,5,12-13,36,38H,2,4,6-11H2,1H3,(H,32,37)(H,28,29,30). The first-order valence-corrected chi connectivity index (χ1v) is 12.3. The fraction of sp³-hybridized carbons (Fsp3) is 0.417. The van der Waals surface area contributed by atoms with Crippen LogP contribution in [0.1, 0.15) is 21.6 Å². The Labute approximate surface area is 221 Å². The molecule has 0 atom stereocenters. The lowest BCUT2D eigenvalue weighted by Gasteiger charge is -2.34. The van der Waals surface area contributed by atoms with Crippen LogP contribution in [-0.2, 0) is 19.4 Å². The topological polar surface area (TPSA) is 141 Å². The van der Waals surface area contributed by atoms with Gasteiger partial charge in [-0.2, -0.15) is 5.10 Å². The second-order valence-electron chi connectivity index (χ2n) is 9.27. The summed E-state index contributed by atoms with van der Waals surface area (Å²) < 4.78 is 45.2. The number of ether oxygens (including phenoxy) is 1. The number of hydrogen-bond acceptors (Lipinski definition) is 10. The second-order valence-corrected chi connectivity index (χ2v) is 9.27. The van der Waals surface area contributed by atoms with Gasteiger partial charge in [-0.25, -0.2) is 15.4 Å². The average Bonchev–Trinajstić information content (AvgIpc) is 3.28. The fourth-order valence-corrected chi connectivity index (χ4v) is 4.82. The lowest BCUT2D eigenvalue weighted by molar-refractivity contribution is -0.274. The molecule has 1 fully saturated rings. The Morgan fingerprint density at radius 2 is 1.95 bits per heavy atom. The number of nitrogens with one attached hydrogen (secondary N) is 2. The van der Waals surface area contributed by atoms with Crippen LogP contribution >= 0.6 is 0 Å². The first-order chi connectivity index (χ1) is 18.7. The van der Waals surface area contributed by atoms with Gasteiger partial charge in [-0.05, 0) is 43.7 Å². The molecule has 1 saturated heterocycles. The quantitative estimate of drug-likeness (QED) is 0.256. The van der Waals surface area contributed by atoms with Crippen molar-refractivity contribution in [2.75, 3.05) is 50.1 Å². The number of nitrogens with zero attached hydrogens (tertiary/aromatic N) is 6. The number of anilines is 3. The largest absolute Gasteiger partial charge is 0.573 e. The summed E-state index contributed by atoms with van der Waals surface area (Å²) in [7, 11) is 2.01. The van der Waals surface area contributed by atoms with E-state index in [4.69, 9.17) is 5.21 Å². The number of alkyl halides is 3. The molecule has 0 saturated carbocycles. The van der Waals surface area contributed by atoms with E-state index in [0.29, 0.717) is 42.9 Å². The summed E-state index contributed by atoms with van der Waals surface area (Å²) in [5.41, 5.74) is 4.49. The van der Waals surface area contributed by atoms with Crippen LogP contribution in [0.15, 0.2) is 24.4 Å². The summed E-state index contributed by atoms with van der Waals surface area (Å²) in [4.78, 5) is 25.3. The Morgan fingerprint density at radius 1 is 1.18 bits per heavy atom. The predicted octanol–water partition coefficient (Wildman–Crippen LogP) is 1.94. The van der Waals surface area contributed by atoms with E-state index < -0.39 is 18.0 Å². The van der Waals surface area contributed by atoms with Gasteiger partial charge in [0, 0.05) is 43.6 Å². The molecule has 1 aromatic carbocycles. The van der Waals surface area contributed by atoms with Gasteiger partial charge in [0.25, 0.3) is 5.91 Å². The molecule has 0 unspecified atom stereocenters. The van der Waals surface area contributed by atoms with Crippen LogP contribution in [0.25, 0.3) is 11.4 Å². The number of piperazine rings is 1. The zero-order chi connectivity index (χ0) is 27.7. The van der Waals surface area contributed by atoms with Crippen LogP contribution in [0.4, 0.5) is 30.5 Å². The van der Waals surface area contributed by atoms with Gasteiger partial charge in [0.05, 0.1) is 30.2 Å². The number of aliphatic hydroxyl groups is 1. The van der Waals surface area contributed by atoms with Crippen molar-refractivity contribution in [1.29, 1.82) is 0 Å². The lowest BCUT2D eigenvalue weighted by atomic mass is 9.93. The van der Waals surface area contributed by atoms with Crippen molar-refractivity contribution in [3.8, 4) is 17.1 Å². The minimum absolute atomic E-state index is 0.000428. The lowest BCUT2D eigenvalue weighted by Crippen LogP contribution is -2.44. The summed E-state index contributed by atoms with van der Waals surface area (Å²) in [6, 6.07) is 4.41. The van der Waals surface area contributed by atoms with Crippen LogP contribution in [0, 0.1) is 0 Å². The number of aromatic nitrogens is 4. The van der Waals surface area contributed by atoms with Crippen molar-refractivity contribution in [1.82, 2.24) is 30.1 Å². The van der Waals surface area contributed by atoms with Gasteiger partial charge >= 0.3 is 6.36 Å². The number of carbonyl (C=O) groups excluding carboxylic acids is 1. The maximum Gasteiger partial charge on any atom is 0.573 e. The van der Waals surface area contributed by atoms with E-state index in [0.717, 1.165) is 24.3 Å². The van der Waals surface area contributed by atoms with Gasteiger partial charge in [0.1, 0.15) is 0 Å². The van der Waals surface area contributed by atoms with Gasteiger partial charge in [0.2, 0.25) is 5.95 Å². The van der Waals surface area contributed by atoms with Gasteiger partial charge in [-0.1, -0.05) is 0 Å². The van der Waals surface area contributed by atoms with E-state index in [-0.39, 0.29) is 30.5 Å². The number of hydrogen-bond donors (Lipinski definition) is 4. The smallest absolute Gasteiger partial charge is 0.404 e. The number of hydroxylamine groups is 1. The molecular weight excluding hydrogens is 521 g/mol. The molecule has 1 aliphatic carbocycles. The number of halogens is 3. The number of likely N-dealkylation sites (N-methyl/N-ethyl adjacent to an activating group) is 1. The number of benzene rings is 1. The van der Waals surface area contributed by atoms with Crippen LogP contribution in [0.2, 0.25) is 0 Å². The number of fused-ring (bicyclic) bond motifs is 3. The minimum atomic E-state index is -4.90. The fourth-order valence-electron chi connectivity index (χ4n) is 4.82. The number of amides is 1. The molecule has 0 bridgehead atoms. The van der Waals surface area contributed by atoms with E-state index in [1.807, 2.05) is 7.05 Å². The second kappa shape index (κ2) is 10.7. The van der Waals surface area contributed by atoms with E-state index >= 15 is 0 Å². The molecule has 2 aliphatic rings. The Hall–Kier alpha value is -3.95. The first-order valence-electron chi connectivity index (χ1n) is 12.3. The highest BCUT2D eigenvalue weighted by Crippen LogP contribution is 2.38. The van der Waals surface area contributed by atoms with Crippen molar-refractivity contribution < 1.29 is 33.0 Å². The molecule has 5 rings (SSSR count). The van der Waals surface area contributed by atoms with Gasteiger partial charge in [0.15, 0.2) is 11.4 Å². The Bertz CT molecular complexity index is 1370. The van der Waals surface area contributed by atoms with Crippen molar-refractivity contribution in [3.05, 3.63) is 41.2 Å². The summed E-state index contributed by atoms with van der Waals surface area (Å²) in [5.74, 6) is -1.22. The van der Waals surface area contributed by atoms with E-state index in [1.54, 1.807) is 23.8 Å². The average molecular weight is 549 g/mol. The van der Waals surface area contributed by atoms with Crippen LogP contribution < -0.4 is 20.4 Å². The third-order valence-corrected chi connectivity index (χ3v) is 6.72. The van der Waals surface area contributed by atoms with Gasteiger partial charge < -0.3 is 25.0 Å². The van der Waals surface area contributed by atoms with E-state index in [2.05, 4.69) is 34.9 Å². The summed E-state index contributed by atoms with van der Waals surface area (Å²) >= 11 is 0. The maximum atomic E-state index is 13.2. The third-order valence-electron chi connectivity index (χ3n) is 6.72. The maximum absolute atomic E-state index is 13.2. The minimum Gasteiger partial charge on any atom is -0.404 e. The Morgan fingerprint density at radius 3 is 2.64 bits per heavy atom. The van der Waals surface area contributed by atoms with E-state index in [9.17, 15) is 23.1 Å². The first kappa shape index (κ1) is 26.6. The molecule has 4 N–H and O–H groups in total. The highest BCUT2D eigenvalue weighted by Gasteiger charge is 2.33. The zero-order valence-electron chi connectivity index (χ0n) is 21.0. The molecule has 1 aliphatic heterocycles. The highest BCUT2D eigenvalue weighted by atomic mass is 19.4. The van der Waals surface area contributed by atoms with Crippen molar-refractivity contribution in [3.63, 3.8) is 0 Å². The van der Waals surface area contributed by atoms with Gasteiger partial charge in [-0.3, -0.25) is 14.7 Å². The summed E-state index contributed by atoms with van der Waals surface area (Å²) in [5, 5.41) is 25.8. The Kier molecular flexibility index (Phi) is 7.29. The molecule has 208 valence electrons. The van der Waals surface area contributed by atoms with Crippen LogP contribution in [-0.4, -0.2) is 87.1 Å². The van der Waals surface area contributed by atoms with Crippen molar-refractivity contribution >= 4 is 23.2 Å². The molecule has 15 heteroatoms. The predicted molar refractivity (Wildman–Crippen MR) is 133 cm³/mol. The molecule has 0 radical (unpaired) electrons. The molecule has 12 nitrogen and oxygen atoms in total. The summed E-state index contributed by atoms with van der Waals surface area (Å²) in [6.45, 7) is 2.86. The normalized spacial score (nSPS) is 15.5. The molecule has 1 amide bonds. The molecule has 0 spiro atoms. The third kappa shape index (κ3) is 5.60.